The van der Waals surface area contributed by atoms with Crippen molar-refractivity contribution in [1.29, 1.82) is 0 Å². The summed E-state index contributed by atoms with van der Waals surface area (Å²) in [5.74, 6) is 0.485. The zero-order valence-electron chi connectivity index (χ0n) is 9.15. The number of nitrogens with zero attached hydrogens (tertiary/aromatic N) is 2. The molecule has 1 fully saturated rings. The molecule has 1 aliphatic carbocycles. The molecule has 6 heteroatoms. The third-order valence-corrected chi connectivity index (χ3v) is 4.76. The predicted molar refractivity (Wildman–Crippen MR) is 71.0 cm³/mol. The van der Waals surface area contributed by atoms with Crippen LogP contribution in [0.5, 0.6) is 0 Å². The van der Waals surface area contributed by atoms with Gasteiger partial charge in [-0.1, -0.05) is 12.8 Å². The van der Waals surface area contributed by atoms with Crippen LogP contribution in [0, 0.1) is 0 Å². The molecule has 0 unspecified atom stereocenters. The van der Waals surface area contributed by atoms with E-state index in [0.717, 1.165) is 18.5 Å². The molecule has 0 amide bonds. The summed E-state index contributed by atoms with van der Waals surface area (Å²) in [5.41, 5.74) is 0.990. The van der Waals surface area contributed by atoms with Crippen LogP contribution < -0.4 is 5.56 Å². The van der Waals surface area contributed by atoms with E-state index in [-0.39, 0.29) is 5.56 Å². The third kappa shape index (κ3) is 1.89. The largest absolute Gasteiger partial charge is 0.291 e. The molecule has 0 aromatic carbocycles. The highest BCUT2D eigenvalue weighted by Crippen LogP contribution is 2.35. The molecule has 0 aliphatic heterocycles. The number of halogens is 1. The van der Waals surface area contributed by atoms with E-state index in [0.29, 0.717) is 15.5 Å². The zero-order chi connectivity index (χ0) is 11.8. The number of thiazole rings is 1. The molecule has 0 atom stereocenters. The molecule has 0 bridgehead atoms. The molecular weight excluding hydrogens is 302 g/mol. The summed E-state index contributed by atoms with van der Waals surface area (Å²) in [7, 11) is 0. The van der Waals surface area contributed by atoms with Gasteiger partial charge in [-0.25, -0.2) is 4.98 Å². The lowest BCUT2D eigenvalue weighted by molar-refractivity contribution is 0.674. The van der Waals surface area contributed by atoms with Gasteiger partial charge in [-0.2, -0.15) is 4.68 Å². The topological polar surface area (TPSA) is 50.7 Å². The number of aromatic nitrogens is 3. The van der Waals surface area contributed by atoms with Crippen LogP contribution in [0.15, 0.2) is 20.8 Å². The smallest absolute Gasteiger partial charge is 0.287 e. The fourth-order valence-corrected chi connectivity index (χ4v) is 3.57. The van der Waals surface area contributed by atoms with Gasteiger partial charge in [0.05, 0.1) is 5.69 Å². The molecule has 3 rings (SSSR count). The Morgan fingerprint density at radius 2 is 2.24 bits per heavy atom. The quantitative estimate of drug-likeness (QED) is 0.926. The molecule has 2 aromatic rings. The van der Waals surface area contributed by atoms with Crippen molar-refractivity contribution >= 4 is 27.3 Å². The summed E-state index contributed by atoms with van der Waals surface area (Å²) in [6, 6.07) is 0. The third-order valence-electron chi connectivity index (χ3n) is 3.23. The van der Waals surface area contributed by atoms with E-state index in [1.165, 1.54) is 28.9 Å². The first kappa shape index (κ1) is 11.2. The maximum atomic E-state index is 12.1. The summed E-state index contributed by atoms with van der Waals surface area (Å²) >= 11 is 4.86. The van der Waals surface area contributed by atoms with Crippen LogP contribution in [-0.4, -0.2) is 14.8 Å². The Hall–Kier alpha value is -0.880. The summed E-state index contributed by atoms with van der Waals surface area (Å²) in [6.07, 6.45) is 6.53. The van der Waals surface area contributed by atoms with Crippen molar-refractivity contribution in [2.24, 2.45) is 0 Å². The summed E-state index contributed by atoms with van der Waals surface area (Å²) in [5, 5.41) is 5.76. The van der Waals surface area contributed by atoms with Crippen LogP contribution in [0.3, 0.4) is 0 Å². The van der Waals surface area contributed by atoms with E-state index >= 15 is 0 Å². The highest BCUT2D eigenvalue weighted by molar-refractivity contribution is 9.10. The minimum Gasteiger partial charge on any atom is -0.291 e. The fraction of sp³-hybridized carbons (Fsp3) is 0.455. The molecule has 17 heavy (non-hydrogen) atoms. The van der Waals surface area contributed by atoms with Gasteiger partial charge in [0.1, 0.15) is 4.47 Å². The second kappa shape index (κ2) is 4.42. The maximum absolute atomic E-state index is 12.1. The van der Waals surface area contributed by atoms with Crippen molar-refractivity contribution in [3.05, 3.63) is 32.1 Å². The maximum Gasteiger partial charge on any atom is 0.287 e. The van der Waals surface area contributed by atoms with Crippen LogP contribution in [-0.2, 0) is 0 Å². The highest BCUT2D eigenvalue weighted by Gasteiger charge is 2.24. The number of rotatable bonds is 2. The van der Waals surface area contributed by atoms with Crippen molar-refractivity contribution in [2.45, 2.75) is 31.6 Å². The number of hydrogen-bond acceptors (Lipinski definition) is 3. The zero-order valence-corrected chi connectivity index (χ0v) is 11.6. The second-order valence-corrected chi connectivity index (χ2v) is 5.94. The van der Waals surface area contributed by atoms with Crippen molar-refractivity contribution in [2.75, 3.05) is 0 Å². The predicted octanol–water partition coefficient (Wildman–Crippen LogP) is 3.04. The summed E-state index contributed by atoms with van der Waals surface area (Å²) < 4.78 is 2.20. The average molecular weight is 314 g/mol. The Labute approximate surface area is 111 Å². The van der Waals surface area contributed by atoms with Crippen molar-refractivity contribution < 1.29 is 0 Å². The highest BCUT2D eigenvalue weighted by atomic mass is 79.9. The molecule has 1 saturated carbocycles. The monoisotopic (exact) mass is 313 g/mol. The first-order valence-electron chi connectivity index (χ1n) is 5.67. The molecule has 0 spiro atoms. The summed E-state index contributed by atoms with van der Waals surface area (Å²) in [4.78, 5) is 16.3. The standard InChI is InChI=1S/C11H12BrN3OS/c12-8-9(7-3-1-2-4-7)14-15(10(8)16)11-13-5-6-17-11/h5-7,14H,1-4H2. The van der Waals surface area contributed by atoms with Crippen molar-refractivity contribution in [3.63, 3.8) is 0 Å². The average Bonchev–Trinajstić information content (AvgIpc) is 3.02. The van der Waals surface area contributed by atoms with E-state index in [2.05, 4.69) is 26.0 Å². The van der Waals surface area contributed by atoms with Crippen LogP contribution in [0.25, 0.3) is 5.13 Å². The molecular formula is C11H12BrN3OS. The van der Waals surface area contributed by atoms with E-state index in [1.807, 2.05) is 5.38 Å². The normalized spacial score (nSPS) is 16.8. The first-order chi connectivity index (χ1) is 8.27. The number of aromatic amines is 1. The number of hydrogen-bond donors (Lipinski definition) is 1. The van der Waals surface area contributed by atoms with Gasteiger partial charge < -0.3 is 0 Å². The van der Waals surface area contributed by atoms with Crippen molar-refractivity contribution in [3.8, 4) is 5.13 Å². The van der Waals surface area contributed by atoms with Crippen LogP contribution in [0.2, 0.25) is 0 Å². The van der Waals surface area contributed by atoms with E-state index < -0.39 is 0 Å². The SMILES string of the molecule is O=c1c(Br)c(C2CCCC2)[nH]n1-c1nccs1. The molecule has 4 nitrogen and oxygen atoms in total. The Morgan fingerprint density at radius 3 is 2.88 bits per heavy atom. The lowest BCUT2D eigenvalue weighted by atomic mass is 10.1. The first-order valence-corrected chi connectivity index (χ1v) is 7.35. The lowest BCUT2D eigenvalue weighted by Crippen LogP contribution is -2.14. The van der Waals surface area contributed by atoms with Gasteiger partial charge in [0.25, 0.3) is 5.56 Å². The van der Waals surface area contributed by atoms with Crippen LogP contribution >= 0.6 is 27.3 Å². The Kier molecular flexibility index (Phi) is 2.92. The Bertz CT molecular complexity index is 566. The molecule has 0 radical (unpaired) electrons. The van der Waals surface area contributed by atoms with Crippen LogP contribution in [0.1, 0.15) is 37.3 Å². The van der Waals surface area contributed by atoms with Gasteiger partial charge in [0, 0.05) is 17.5 Å². The Balaban J connectivity index is 2.07. The minimum atomic E-state index is -0.0400. The van der Waals surface area contributed by atoms with Gasteiger partial charge in [0.15, 0.2) is 0 Å². The van der Waals surface area contributed by atoms with E-state index in [1.54, 1.807) is 6.20 Å². The van der Waals surface area contributed by atoms with Gasteiger partial charge in [-0.05, 0) is 28.8 Å². The summed E-state index contributed by atoms with van der Waals surface area (Å²) in [6.45, 7) is 0. The number of nitrogens with one attached hydrogen (secondary N) is 1. The molecule has 90 valence electrons. The fourth-order valence-electron chi connectivity index (χ4n) is 2.38. The van der Waals surface area contributed by atoms with Crippen LogP contribution in [0.4, 0.5) is 0 Å². The molecule has 2 aromatic heterocycles. The van der Waals surface area contributed by atoms with Gasteiger partial charge in [0.2, 0.25) is 5.13 Å². The number of H-pyrrole nitrogens is 1. The molecule has 0 saturated heterocycles. The van der Waals surface area contributed by atoms with Gasteiger partial charge in [-0.3, -0.25) is 9.89 Å². The van der Waals surface area contributed by atoms with E-state index in [9.17, 15) is 4.79 Å². The molecule has 1 N–H and O–H groups in total. The van der Waals surface area contributed by atoms with Gasteiger partial charge in [-0.15, -0.1) is 11.3 Å². The molecule has 2 heterocycles. The van der Waals surface area contributed by atoms with Crippen molar-refractivity contribution in [1.82, 2.24) is 14.8 Å². The van der Waals surface area contributed by atoms with E-state index in [4.69, 9.17) is 0 Å². The second-order valence-electron chi connectivity index (χ2n) is 4.28. The lowest BCUT2D eigenvalue weighted by Gasteiger charge is -2.05. The van der Waals surface area contributed by atoms with Gasteiger partial charge >= 0.3 is 0 Å². The Morgan fingerprint density at radius 1 is 1.47 bits per heavy atom. The minimum absolute atomic E-state index is 0.0400. The molecule has 1 aliphatic rings.